The first kappa shape index (κ1) is 37.0. The van der Waals surface area contributed by atoms with Gasteiger partial charge in [-0.15, -0.1) is 0 Å². The summed E-state index contributed by atoms with van der Waals surface area (Å²) >= 11 is 0. The van der Waals surface area contributed by atoms with Crippen LogP contribution in [0.1, 0.15) is 114 Å². The summed E-state index contributed by atoms with van der Waals surface area (Å²) in [6.45, 7) is 28.0. The first-order chi connectivity index (χ1) is 20.7. The first-order valence-corrected chi connectivity index (χ1v) is 16.9. The highest BCUT2D eigenvalue weighted by molar-refractivity contribution is 5.68. The Bertz CT molecular complexity index is 1340. The zero-order valence-corrected chi connectivity index (χ0v) is 29.9. The van der Waals surface area contributed by atoms with E-state index in [1.165, 1.54) is 72.0 Å². The Kier molecular flexibility index (Phi) is 15.1. The van der Waals surface area contributed by atoms with Gasteiger partial charge in [0.25, 0.3) is 0 Å². The summed E-state index contributed by atoms with van der Waals surface area (Å²) in [5.74, 6) is 0. The molecular weight excluding hydrogens is 530 g/mol. The van der Waals surface area contributed by atoms with Crippen LogP contribution in [0.3, 0.4) is 0 Å². The molecule has 2 rings (SSSR count). The molecule has 2 aliphatic rings. The smallest absolute Gasteiger partial charge is 0.169 e. The van der Waals surface area contributed by atoms with E-state index in [9.17, 15) is 0 Å². The van der Waals surface area contributed by atoms with Crippen molar-refractivity contribution in [1.82, 2.24) is 0 Å². The topological polar surface area (TPSA) is 3.01 Å². The normalized spacial score (nSPS) is 21.0. The average Bonchev–Trinajstić information content (AvgIpc) is 2.93. The molecule has 1 nitrogen and oxygen atoms in total. The van der Waals surface area contributed by atoms with Gasteiger partial charge in [0, 0.05) is 18.6 Å². The maximum atomic E-state index is 4.23. The SMILES string of the molecule is C=C(\C=C/[N+](=C\C=C(C)\C=C\C=C(C)\C=C\C1=C(C)CCCC1(C)C)CCC)/C=C/C=C(C)/C=C/C1=C(C)CCCC1(C)C. The number of rotatable bonds is 13. The Hall–Kier alpha value is -3.19. The molecule has 0 heterocycles. The van der Waals surface area contributed by atoms with Crippen molar-refractivity contribution in [2.75, 3.05) is 6.54 Å². The summed E-state index contributed by atoms with van der Waals surface area (Å²) in [4.78, 5) is 0. The monoisotopic (exact) mass is 592 g/mol. The molecule has 0 atom stereocenters. The van der Waals surface area contributed by atoms with Gasteiger partial charge in [-0.3, -0.25) is 0 Å². The van der Waals surface area contributed by atoms with E-state index in [-0.39, 0.29) is 10.8 Å². The van der Waals surface area contributed by atoms with Gasteiger partial charge in [0.2, 0.25) is 0 Å². The molecule has 0 saturated heterocycles. The molecule has 0 aliphatic heterocycles. The summed E-state index contributed by atoms with van der Waals surface area (Å²) in [7, 11) is 0. The minimum Gasteiger partial charge on any atom is -0.205 e. The highest BCUT2D eigenvalue weighted by Crippen LogP contribution is 2.41. The van der Waals surface area contributed by atoms with Gasteiger partial charge in [-0.25, -0.2) is 4.58 Å². The second kappa shape index (κ2) is 17.9. The van der Waals surface area contributed by atoms with Crippen molar-refractivity contribution in [3.05, 3.63) is 130 Å². The van der Waals surface area contributed by atoms with Crippen LogP contribution in [-0.2, 0) is 0 Å². The fourth-order valence-corrected chi connectivity index (χ4v) is 6.21. The molecule has 0 aromatic carbocycles. The van der Waals surface area contributed by atoms with Gasteiger partial charge < -0.3 is 0 Å². The van der Waals surface area contributed by atoms with E-state index in [1.807, 2.05) is 0 Å². The predicted octanol–water partition coefficient (Wildman–Crippen LogP) is 12.7. The van der Waals surface area contributed by atoms with E-state index in [0.717, 1.165) is 18.5 Å². The average molecular weight is 593 g/mol. The van der Waals surface area contributed by atoms with Crippen LogP contribution in [0, 0.1) is 10.8 Å². The second-order valence-electron chi connectivity index (χ2n) is 14.3. The van der Waals surface area contributed by atoms with Crippen LogP contribution < -0.4 is 0 Å². The van der Waals surface area contributed by atoms with Crippen molar-refractivity contribution in [3.63, 3.8) is 0 Å². The summed E-state index contributed by atoms with van der Waals surface area (Å²) in [6.07, 6.45) is 39.3. The maximum Gasteiger partial charge on any atom is 0.169 e. The minimum absolute atomic E-state index is 0.274. The Morgan fingerprint density at radius 1 is 0.705 bits per heavy atom. The van der Waals surface area contributed by atoms with Crippen LogP contribution in [0.4, 0.5) is 0 Å². The Labute approximate surface area is 272 Å². The summed E-state index contributed by atoms with van der Waals surface area (Å²) < 4.78 is 2.23. The number of nitrogens with zero attached hydrogens (tertiary/aromatic N) is 1. The highest BCUT2D eigenvalue weighted by Gasteiger charge is 2.27. The third-order valence-corrected chi connectivity index (χ3v) is 8.99. The van der Waals surface area contributed by atoms with Crippen molar-refractivity contribution in [1.29, 1.82) is 0 Å². The van der Waals surface area contributed by atoms with Crippen LogP contribution in [0.15, 0.2) is 130 Å². The van der Waals surface area contributed by atoms with Gasteiger partial charge >= 0.3 is 0 Å². The van der Waals surface area contributed by atoms with Gasteiger partial charge in [-0.05, 0) is 106 Å². The molecule has 0 bridgehead atoms. The van der Waals surface area contributed by atoms with E-state index >= 15 is 0 Å². The fraction of sp³-hybridized carbons (Fsp3) is 0.465. The van der Waals surface area contributed by atoms with Crippen molar-refractivity contribution in [2.24, 2.45) is 10.8 Å². The largest absolute Gasteiger partial charge is 0.205 e. The molecule has 0 radical (unpaired) electrons. The van der Waals surface area contributed by atoms with Crippen LogP contribution in [-0.4, -0.2) is 17.3 Å². The molecule has 0 aromatic rings. The maximum absolute atomic E-state index is 4.23. The Morgan fingerprint density at radius 2 is 1.18 bits per heavy atom. The van der Waals surface area contributed by atoms with Gasteiger partial charge in [0.1, 0.15) is 6.54 Å². The lowest BCUT2D eigenvalue weighted by atomic mass is 9.72. The molecule has 1 heteroatoms. The van der Waals surface area contributed by atoms with Crippen molar-refractivity contribution in [3.8, 4) is 0 Å². The van der Waals surface area contributed by atoms with Gasteiger partial charge in [0.15, 0.2) is 12.4 Å². The van der Waals surface area contributed by atoms with Crippen molar-refractivity contribution >= 4 is 6.21 Å². The van der Waals surface area contributed by atoms with E-state index in [1.54, 1.807) is 5.57 Å². The summed E-state index contributed by atoms with van der Waals surface area (Å²) in [5, 5.41) is 0. The minimum atomic E-state index is 0.274. The molecule has 238 valence electrons. The lowest BCUT2D eigenvalue weighted by molar-refractivity contribution is -0.451. The first-order valence-electron chi connectivity index (χ1n) is 16.9. The lowest BCUT2D eigenvalue weighted by Crippen LogP contribution is -2.19. The van der Waals surface area contributed by atoms with Gasteiger partial charge in [-0.1, -0.05) is 124 Å². The van der Waals surface area contributed by atoms with Gasteiger partial charge in [0.05, 0.1) is 0 Å². The molecule has 2 aliphatic carbocycles. The molecule has 0 unspecified atom stereocenters. The van der Waals surface area contributed by atoms with Crippen molar-refractivity contribution in [2.45, 2.75) is 114 Å². The molecule has 0 saturated carbocycles. The quantitative estimate of drug-likeness (QED) is 0.114. The van der Waals surface area contributed by atoms with E-state index in [2.05, 4.69) is 166 Å². The lowest BCUT2D eigenvalue weighted by Gasteiger charge is -2.33. The number of hydrogen-bond acceptors (Lipinski definition) is 0. The standard InChI is InChI=1S/C43H62N/c1-12-31-44(32-27-36(4)19-13-17-34(2)23-25-40-38(6)21-15-29-42(40,8)9)33-28-37(5)20-14-18-35(3)24-26-41-39(7)22-16-30-43(41,10)11/h13-14,17-20,23-28,32-33H,4,12,15-16,21-22,29-31H2,1-3,5-11H3/q+1/b19-13+,20-14+,25-23+,26-24+,32-27-,34-17+,35-18+,37-28+,44-33-. The number of hydrogen-bond donors (Lipinski definition) is 0. The van der Waals surface area contributed by atoms with E-state index in [0.29, 0.717) is 0 Å². The molecule has 0 spiro atoms. The predicted molar refractivity (Wildman–Crippen MR) is 198 cm³/mol. The van der Waals surface area contributed by atoms with Crippen molar-refractivity contribution < 1.29 is 4.58 Å². The molecule has 0 fully saturated rings. The van der Waals surface area contributed by atoms with E-state index in [4.69, 9.17) is 0 Å². The summed E-state index contributed by atoms with van der Waals surface area (Å²) in [5.41, 5.74) is 11.4. The summed E-state index contributed by atoms with van der Waals surface area (Å²) in [6, 6.07) is 0. The molecule has 44 heavy (non-hydrogen) atoms. The second-order valence-corrected chi connectivity index (χ2v) is 14.3. The zero-order valence-electron chi connectivity index (χ0n) is 29.9. The van der Waals surface area contributed by atoms with Gasteiger partial charge in [-0.2, -0.15) is 0 Å². The Balaban J connectivity index is 1.99. The van der Waals surface area contributed by atoms with Crippen LogP contribution >= 0.6 is 0 Å². The Morgan fingerprint density at radius 3 is 1.66 bits per heavy atom. The van der Waals surface area contributed by atoms with Crippen LogP contribution in [0.25, 0.3) is 0 Å². The highest BCUT2D eigenvalue weighted by atomic mass is 15.0. The van der Waals surface area contributed by atoms with Crippen LogP contribution in [0.5, 0.6) is 0 Å². The molecule has 0 N–H and O–H groups in total. The number of allylic oxidation sites excluding steroid dienone is 20. The van der Waals surface area contributed by atoms with Crippen LogP contribution in [0.2, 0.25) is 0 Å². The fourth-order valence-electron chi connectivity index (χ4n) is 6.21. The molecular formula is C43H62N+. The van der Waals surface area contributed by atoms with E-state index < -0.39 is 0 Å². The molecule has 0 aromatic heterocycles. The third kappa shape index (κ3) is 12.8. The molecule has 0 amide bonds. The third-order valence-electron chi connectivity index (χ3n) is 8.99. The zero-order chi connectivity index (χ0) is 32.8.